The maximum atomic E-state index is 5.92. The molecule has 1 aliphatic heterocycles. The van der Waals surface area contributed by atoms with Gasteiger partial charge in [0, 0.05) is 17.6 Å². The number of hydrogen-bond acceptors (Lipinski definition) is 8. The van der Waals surface area contributed by atoms with Gasteiger partial charge in [0.25, 0.3) is 5.89 Å². The molecule has 4 aromatic rings. The normalized spacial score (nSPS) is 15.0. The summed E-state index contributed by atoms with van der Waals surface area (Å²) in [4.78, 5) is 0. The molecule has 2 aromatic carbocycles. The zero-order chi connectivity index (χ0) is 23.5. The van der Waals surface area contributed by atoms with Gasteiger partial charge < -0.3 is 19.2 Å². The van der Waals surface area contributed by atoms with E-state index < -0.39 is 0 Å². The topological polar surface area (TPSA) is 110 Å². The Hall–Kier alpha value is -4.79. The number of aromatic nitrogens is 4. The third-order valence-corrected chi connectivity index (χ3v) is 5.70. The van der Waals surface area contributed by atoms with Crippen LogP contribution < -0.4 is 10.6 Å². The van der Waals surface area contributed by atoms with Gasteiger partial charge in [-0.3, -0.25) is 10.4 Å². The van der Waals surface area contributed by atoms with E-state index in [1.54, 1.807) is 6.26 Å². The molecule has 9 nitrogen and oxygen atoms in total. The Morgan fingerprint density at radius 2 is 2.03 bits per heavy atom. The molecule has 2 aliphatic rings. The number of para-hydroxylation sites is 1. The highest BCUT2D eigenvalue weighted by molar-refractivity contribution is 5.79. The number of nitrogens with zero attached hydrogens (tertiary/aromatic N) is 3. The number of aromatic amines is 1. The molecule has 174 valence electrons. The fourth-order valence-corrected chi connectivity index (χ4v) is 3.94. The van der Waals surface area contributed by atoms with E-state index in [0.717, 1.165) is 46.1 Å². The van der Waals surface area contributed by atoms with Crippen LogP contribution in [0.25, 0.3) is 22.4 Å². The Morgan fingerprint density at radius 1 is 1.06 bits per heavy atom. The van der Waals surface area contributed by atoms with E-state index in [2.05, 4.69) is 49.2 Å². The first-order valence-electron chi connectivity index (χ1n) is 11.3. The van der Waals surface area contributed by atoms with Crippen molar-refractivity contribution >= 4 is 22.6 Å². The Morgan fingerprint density at radius 3 is 2.97 bits per heavy atom. The standard InChI is InChI=1S/C26H22N6O3/c1-2-6-18(7-3-1)23-15-33-16-24(34-23)29-26-32-31-25(35-26)20-8-4-5-9-22(20)27-13-17-10-11-21-19(12-17)14-28-30-21/h1-2,4-6,8-12,14-16,27H,3,7,13H2,(H,28,30)(H,29,32). The van der Waals surface area contributed by atoms with Crippen molar-refractivity contribution in [3.8, 4) is 11.5 Å². The quantitative estimate of drug-likeness (QED) is 0.323. The van der Waals surface area contributed by atoms with Crippen molar-refractivity contribution in [2.75, 3.05) is 10.6 Å². The summed E-state index contributed by atoms with van der Waals surface area (Å²) in [5.41, 5.74) is 4.90. The molecule has 0 unspecified atom stereocenters. The Balaban J connectivity index is 1.14. The summed E-state index contributed by atoms with van der Waals surface area (Å²) in [6.07, 6.45) is 12.9. The summed E-state index contributed by atoms with van der Waals surface area (Å²) < 4.78 is 17.2. The second-order valence-electron chi connectivity index (χ2n) is 8.09. The molecular weight excluding hydrogens is 444 g/mol. The summed E-state index contributed by atoms with van der Waals surface area (Å²) in [7, 11) is 0. The minimum absolute atomic E-state index is 0.203. The molecular formula is C26H22N6O3. The molecule has 35 heavy (non-hydrogen) atoms. The number of rotatable bonds is 7. The van der Waals surface area contributed by atoms with E-state index in [-0.39, 0.29) is 6.01 Å². The van der Waals surface area contributed by atoms with Crippen molar-refractivity contribution < 1.29 is 13.9 Å². The van der Waals surface area contributed by atoms with Crippen LogP contribution in [0.3, 0.4) is 0 Å². The molecule has 0 radical (unpaired) electrons. The molecule has 1 aliphatic carbocycles. The first-order chi connectivity index (χ1) is 17.3. The van der Waals surface area contributed by atoms with Gasteiger partial charge in [-0.2, -0.15) is 5.10 Å². The van der Waals surface area contributed by atoms with Gasteiger partial charge in [-0.1, -0.05) is 41.5 Å². The second kappa shape index (κ2) is 9.22. The van der Waals surface area contributed by atoms with E-state index in [4.69, 9.17) is 13.9 Å². The van der Waals surface area contributed by atoms with E-state index in [1.165, 1.54) is 6.26 Å². The highest BCUT2D eigenvalue weighted by atomic mass is 16.6. The van der Waals surface area contributed by atoms with Crippen LogP contribution in [0.4, 0.5) is 11.7 Å². The van der Waals surface area contributed by atoms with Crippen molar-refractivity contribution in [3.05, 3.63) is 102 Å². The van der Waals surface area contributed by atoms with Crippen LogP contribution in [0, 0.1) is 0 Å². The molecule has 2 aromatic heterocycles. The summed E-state index contributed by atoms with van der Waals surface area (Å²) in [5.74, 6) is 1.41. The van der Waals surface area contributed by atoms with Gasteiger partial charge in [0.15, 0.2) is 12.0 Å². The molecule has 6 rings (SSSR count). The minimum atomic E-state index is 0.203. The van der Waals surface area contributed by atoms with Gasteiger partial charge in [-0.15, -0.1) is 5.10 Å². The minimum Gasteiger partial charge on any atom is -0.463 e. The number of ether oxygens (including phenoxy) is 2. The number of benzene rings is 2. The van der Waals surface area contributed by atoms with Crippen LogP contribution in [0.1, 0.15) is 18.4 Å². The highest BCUT2D eigenvalue weighted by Gasteiger charge is 2.18. The largest absolute Gasteiger partial charge is 0.463 e. The van der Waals surface area contributed by atoms with Crippen molar-refractivity contribution in [2.24, 2.45) is 0 Å². The van der Waals surface area contributed by atoms with Gasteiger partial charge in [-0.25, -0.2) is 0 Å². The first-order valence-corrected chi connectivity index (χ1v) is 11.3. The van der Waals surface area contributed by atoms with Crippen LogP contribution in [-0.2, 0) is 16.0 Å². The summed E-state index contributed by atoms with van der Waals surface area (Å²) in [5, 5.41) is 22.9. The fourth-order valence-electron chi connectivity index (χ4n) is 3.94. The maximum absolute atomic E-state index is 5.92. The summed E-state index contributed by atoms with van der Waals surface area (Å²) in [6, 6.07) is 14.2. The molecule has 3 heterocycles. The van der Waals surface area contributed by atoms with E-state index in [1.807, 2.05) is 48.7 Å². The first kappa shape index (κ1) is 20.8. The van der Waals surface area contributed by atoms with Crippen molar-refractivity contribution in [2.45, 2.75) is 19.4 Å². The summed E-state index contributed by atoms with van der Waals surface area (Å²) >= 11 is 0. The molecule has 0 amide bonds. The molecule has 0 spiro atoms. The zero-order valence-electron chi connectivity index (χ0n) is 18.7. The number of anilines is 2. The average Bonchev–Trinajstić information content (AvgIpc) is 3.58. The van der Waals surface area contributed by atoms with Crippen molar-refractivity contribution in [1.29, 1.82) is 0 Å². The van der Waals surface area contributed by atoms with Gasteiger partial charge in [0.2, 0.25) is 5.88 Å². The van der Waals surface area contributed by atoms with Gasteiger partial charge in [0.05, 0.1) is 17.3 Å². The van der Waals surface area contributed by atoms with Gasteiger partial charge >= 0.3 is 6.01 Å². The SMILES string of the molecule is C1=CCCC(C2=COC=C(Nc3nnc(-c4ccccc4NCc4ccc5[nH]ncc5c4)o3)O2)=C1. The lowest BCUT2D eigenvalue weighted by Gasteiger charge is -2.18. The smallest absolute Gasteiger partial charge is 0.322 e. The number of nitrogens with one attached hydrogen (secondary N) is 3. The number of fused-ring (bicyclic) bond motifs is 1. The lowest BCUT2D eigenvalue weighted by atomic mass is 10.0. The molecule has 0 atom stereocenters. The third-order valence-electron chi connectivity index (χ3n) is 5.70. The van der Waals surface area contributed by atoms with Crippen LogP contribution in [-0.4, -0.2) is 20.4 Å². The monoisotopic (exact) mass is 466 g/mol. The Kier molecular flexibility index (Phi) is 5.48. The Labute approximate surface area is 200 Å². The Bertz CT molecular complexity index is 1490. The molecule has 0 saturated carbocycles. The predicted octanol–water partition coefficient (Wildman–Crippen LogP) is 5.60. The second-order valence-corrected chi connectivity index (χ2v) is 8.09. The van der Waals surface area contributed by atoms with Crippen molar-refractivity contribution in [1.82, 2.24) is 20.4 Å². The van der Waals surface area contributed by atoms with E-state index in [9.17, 15) is 0 Å². The average molecular weight is 467 g/mol. The zero-order valence-corrected chi connectivity index (χ0v) is 18.7. The van der Waals surface area contributed by atoms with E-state index >= 15 is 0 Å². The molecule has 0 saturated heterocycles. The highest BCUT2D eigenvalue weighted by Crippen LogP contribution is 2.30. The third kappa shape index (κ3) is 4.51. The van der Waals surface area contributed by atoms with Crippen LogP contribution in [0.5, 0.6) is 0 Å². The maximum Gasteiger partial charge on any atom is 0.322 e. The number of H-pyrrole nitrogens is 1. The van der Waals surface area contributed by atoms with E-state index in [0.29, 0.717) is 24.1 Å². The molecule has 3 N–H and O–H groups in total. The predicted molar refractivity (Wildman–Crippen MR) is 132 cm³/mol. The molecule has 9 heteroatoms. The number of hydrogen-bond donors (Lipinski definition) is 3. The number of allylic oxidation sites excluding steroid dienone is 4. The molecule has 0 fully saturated rings. The lowest BCUT2D eigenvalue weighted by Crippen LogP contribution is -2.10. The van der Waals surface area contributed by atoms with Crippen molar-refractivity contribution in [3.63, 3.8) is 0 Å². The van der Waals surface area contributed by atoms with Crippen LogP contribution in [0.2, 0.25) is 0 Å². The van der Waals surface area contributed by atoms with Crippen LogP contribution in [0.15, 0.2) is 101 Å². The van der Waals surface area contributed by atoms with Gasteiger partial charge in [-0.05, 0) is 48.2 Å². The van der Waals surface area contributed by atoms with Gasteiger partial charge in [0.1, 0.15) is 6.26 Å². The van der Waals surface area contributed by atoms with Crippen LogP contribution >= 0.6 is 0 Å². The lowest BCUT2D eigenvalue weighted by molar-refractivity contribution is 0.232. The summed E-state index contributed by atoms with van der Waals surface area (Å²) in [6.45, 7) is 0.635. The molecule has 0 bridgehead atoms. The fraction of sp³-hybridized carbons (Fsp3) is 0.115.